The van der Waals surface area contributed by atoms with Gasteiger partial charge >= 0.3 is 0 Å². The van der Waals surface area contributed by atoms with Crippen LogP contribution in [0.4, 0.5) is 17.1 Å². The fourth-order valence-corrected chi connectivity index (χ4v) is 10.6. The van der Waals surface area contributed by atoms with Gasteiger partial charge in [-0.1, -0.05) is 231 Å². The second-order valence-corrected chi connectivity index (χ2v) is 17.2. The molecule has 1 heteroatoms. The summed E-state index contributed by atoms with van der Waals surface area (Å²) in [5.74, 6) is 0. The maximum absolute atomic E-state index is 2.39. The maximum atomic E-state index is 2.39. The van der Waals surface area contributed by atoms with Crippen molar-refractivity contribution in [3.8, 4) is 55.6 Å². The number of hydrogen-bond donors (Lipinski definition) is 0. The van der Waals surface area contributed by atoms with Crippen molar-refractivity contribution in [2.24, 2.45) is 0 Å². The lowest BCUT2D eigenvalue weighted by atomic mass is 9.67. The monoisotopic (exact) mass is 839 g/mol. The summed E-state index contributed by atoms with van der Waals surface area (Å²) in [7, 11) is 0. The quantitative estimate of drug-likeness (QED) is 0.140. The zero-order chi connectivity index (χ0) is 43.9. The molecule has 0 aliphatic heterocycles. The maximum Gasteiger partial charge on any atom is 0.0713 e. The number of benzene rings is 11. The molecule has 0 atom stereocenters. The van der Waals surface area contributed by atoms with E-state index in [1.165, 1.54) is 83.1 Å². The highest BCUT2D eigenvalue weighted by molar-refractivity contribution is 5.98. The van der Waals surface area contributed by atoms with Gasteiger partial charge in [-0.05, 0) is 131 Å². The second-order valence-electron chi connectivity index (χ2n) is 17.2. The molecule has 1 nitrogen and oxygen atoms in total. The van der Waals surface area contributed by atoms with Crippen molar-refractivity contribution in [2.75, 3.05) is 4.90 Å². The highest BCUT2D eigenvalue weighted by Crippen LogP contribution is 2.58. The third-order valence-electron chi connectivity index (χ3n) is 13.6. The Balaban J connectivity index is 0.984. The molecule has 0 unspecified atom stereocenters. The van der Waals surface area contributed by atoms with Crippen molar-refractivity contribution in [3.05, 3.63) is 295 Å². The number of anilines is 3. The Bertz CT molecular complexity index is 3460. The molecule has 0 saturated heterocycles. The fraction of sp³-hybridized carbons (Fsp3) is 0.0154. The summed E-state index contributed by atoms with van der Waals surface area (Å²) in [6.45, 7) is 0. The van der Waals surface area contributed by atoms with Gasteiger partial charge in [0, 0.05) is 17.1 Å². The van der Waals surface area contributed by atoms with E-state index >= 15 is 0 Å². The molecule has 0 saturated carbocycles. The first-order chi connectivity index (χ1) is 32.7. The largest absolute Gasteiger partial charge is 0.310 e. The molecule has 0 N–H and O–H groups in total. The molecule has 0 bridgehead atoms. The molecule has 11 aromatic rings. The molecule has 0 amide bonds. The summed E-state index contributed by atoms with van der Waals surface area (Å²) in [6, 6.07) is 99.9. The second kappa shape index (κ2) is 16.6. The van der Waals surface area contributed by atoms with Crippen molar-refractivity contribution < 1.29 is 0 Å². The van der Waals surface area contributed by atoms with Crippen LogP contribution in [0.2, 0.25) is 0 Å². The molecule has 1 aliphatic carbocycles. The van der Waals surface area contributed by atoms with Gasteiger partial charge in [-0.25, -0.2) is 0 Å². The highest BCUT2D eigenvalue weighted by atomic mass is 15.1. The van der Waals surface area contributed by atoms with Crippen molar-refractivity contribution in [1.29, 1.82) is 0 Å². The van der Waals surface area contributed by atoms with Gasteiger partial charge in [0.15, 0.2) is 0 Å². The molecular formula is C65H45N. The van der Waals surface area contributed by atoms with E-state index in [2.05, 4.69) is 278 Å². The van der Waals surface area contributed by atoms with E-state index in [0.29, 0.717) is 0 Å². The summed E-state index contributed by atoms with van der Waals surface area (Å²) in [6.07, 6.45) is 0. The van der Waals surface area contributed by atoms with Gasteiger partial charge in [-0.15, -0.1) is 0 Å². The SMILES string of the molecule is c1ccc(-c2cccc(-c3cccc(N(c4ccc(-c5cccc6c5-c5ccccc5C6(c5ccccc5)c5ccccc5)cc4)c4ccc(-c5cccc6ccccc56)cc4)c3)c2)cc1. The van der Waals surface area contributed by atoms with Crippen molar-refractivity contribution in [1.82, 2.24) is 0 Å². The van der Waals surface area contributed by atoms with Gasteiger partial charge in [0.2, 0.25) is 0 Å². The summed E-state index contributed by atoms with van der Waals surface area (Å²) >= 11 is 0. The zero-order valence-corrected chi connectivity index (χ0v) is 36.4. The van der Waals surface area contributed by atoms with Crippen LogP contribution in [0.1, 0.15) is 22.3 Å². The molecule has 0 aromatic heterocycles. The number of fused-ring (bicyclic) bond motifs is 4. The van der Waals surface area contributed by atoms with Gasteiger partial charge in [-0.2, -0.15) is 0 Å². The van der Waals surface area contributed by atoms with Crippen LogP contribution >= 0.6 is 0 Å². The van der Waals surface area contributed by atoms with Gasteiger partial charge in [0.05, 0.1) is 5.41 Å². The average Bonchev–Trinajstić information content (AvgIpc) is 3.71. The van der Waals surface area contributed by atoms with Crippen LogP contribution in [0.25, 0.3) is 66.4 Å². The Labute approximate surface area is 387 Å². The Morgan fingerprint density at radius 3 is 1.41 bits per heavy atom. The molecule has 1 aliphatic rings. The van der Waals surface area contributed by atoms with Crippen LogP contribution in [0.15, 0.2) is 273 Å². The lowest BCUT2D eigenvalue weighted by Crippen LogP contribution is -2.28. The summed E-state index contributed by atoms with van der Waals surface area (Å²) in [5, 5.41) is 2.50. The van der Waals surface area contributed by atoms with Crippen LogP contribution in [0.3, 0.4) is 0 Å². The van der Waals surface area contributed by atoms with E-state index in [1.807, 2.05) is 0 Å². The molecule has 0 spiro atoms. The van der Waals surface area contributed by atoms with E-state index in [1.54, 1.807) is 0 Å². The minimum Gasteiger partial charge on any atom is -0.310 e. The third-order valence-corrected chi connectivity index (χ3v) is 13.6. The predicted molar refractivity (Wildman–Crippen MR) is 278 cm³/mol. The van der Waals surface area contributed by atoms with Gasteiger partial charge < -0.3 is 4.90 Å². The Kier molecular flexibility index (Phi) is 9.81. The molecule has 0 fully saturated rings. The first kappa shape index (κ1) is 39.1. The van der Waals surface area contributed by atoms with Crippen LogP contribution in [-0.4, -0.2) is 0 Å². The van der Waals surface area contributed by atoms with Gasteiger partial charge in [0.1, 0.15) is 0 Å². The Hall–Kier alpha value is -8.52. The summed E-state index contributed by atoms with van der Waals surface area (Å²) < 4.78 is 0. The molecular weight excluding hydrogens is 795 g/mol. The molecule has 0 heterocycles. The van der Waals surface area contributed by atoms with Crippen molar-refractivity contribution in [3.63, 3.8) is 0 Å². The standard InChI is InChI=1S/C65H45N/c1-4-18-46(19-5-1)50-22-14-23-51(44-50)52-24-15-29-57(45-52)66(55-40-36-48(37-41-55)59-32-16-21-47-20-10-11-30-58(47)59)56-42-38-49(39-43-56)60-33-17-35-63-64(60)61-31-12-13-34-62(61)65(63,53-25-6-2-7-26-53)54-27-8-3-9-28-54/h1-45H. The van der Waals surface area contributed by atoms with Crippen molar-refractivity contribution >= 4 is 27.8 Å². The lowest BCUT2D eigenvalue weighted by molar-refractivity contribution is 0.768. The van der Waals surface area contributed by atoms with E-state index in [0.717, 1.165) is 22.6 Å². The normalized spacial score (nSPS) is 12.4. The summed E-state index contributed by atoms with van der Waals surface area (Å²) in [4.78, 5) is 2.39. The molecule has 11 aromatic carbocycles. The van der Waals surface area contributed by atoms with Crippen LogP contribution in [0, 0.1) is 0 Å². The fourth-order valence-electron chi connectivity index (χ4n) is 10.6. The van der Waals surface area contributed by atoms with Crippen LogP contribution in [-0.2, 0) is 5.41 Å². The van der Waals surface area contributed by atoms with E-state index in [9.17, 15) is 0 Å². The Morgan fingerprint density at radius 1 is 0.258 bits per heavy atom. The topological polar surface area (TPSA) is 3.24 Å². The minimum atomic E-state index is -0.453. The first-order valence-electron chi connectivity index (χ1n) is 22.8. The highest BCUT2D eigenvalue weighted by Gasteiger charge is 2.46. The first-order valence-corrected chi connectivity index (χ1v) is 22.8. The van der Waals surface area contributed by atoms with E-state index in [-0.39, 0.29) is 0 Å². The molecule has 66 heavy (non-hydrogen) atoms. The summed E-state index contributed by atoms with van der Waals surface area (Å²) in [5.41, 5.74) is 20.1. The van der Waals surface area contributed by atoms with Crippen molar-refractivity contribution in [2.45, 2.75) is 5.41 Å². The molecule has 0 radical (unpaired) electrons. The molecule has 310 valence electrons. The van der Waals surface area contributed by atoms with Gasteiger partial charge in [0.25, 0.3) is 0 Å². The smallest absolute Gasteiger partial charge is 0.0713 e. The lowest BCUT2D eigenvalue weighted by Gasteiger charge is -2.34. The Morgan fingerprint density at radius 2 is 0.712 bits per heavy atom. The predicted octanol–water partition coefficient (Wildman–Crippen LogP) is 17.3. The zero-order valence-electron chi connectivity index (χ0n) is 36.4. The minimum absolute atomic E-state index is 0.453. The number of hydrogen-bond acceptors (Lipinski definition) is 1. The van der Waals surface area contributed by atoms with Gasteiger partial charge in [-0.3, -0.25) is 0 Å². The number of rotatable bonds is 9. The van der Waals surface area contributed by atoms with Crippen LogP contribution in [0.5, 0.6) is 0 Å². The molecule has 12 rings (SSSR count). The van der Waals surface area contributed by atoms with E-state index in [4.69, 9.17) is 0 Å². The van der Waals surface area contributed by atoms with Crippen LogP contribution < -0.4 is 4.90 Å². The van der Waals surface area contributed by atoms with E-state index < -0.39 is 5.41 Å². The third kappa shape index (κ3) is 6.64. The average molecular weight is 840 g/mol. The number of nitrogens with zero attached hydrogens (tertiary/aromatic N) is 1.